The topological polar surface area (TPSA) is 67.6 Å². The maximum Gasteiger partial charge on any atom is 0.246 e. The first-order valence-corrected chi connectivity index (χ1v) is 8.80. The SMILES string of the molecule is COc1ccc(-n2nc(-c3ccc(Cl)cc3)cc2CCC(=O)N(C)O)cc1. The molecule has 0 spiro atoms. The molecule has 7 heteroatoms. The lowest BCUT2D eigenvalue weighted by Gasteiger charge is -2.10. The molecule has 0 atom stereocenters. The van der Waals surface area contributed by atoms with Crippen LogP contribution in [0.4, 0.5) is 0 Å². The molecule has 2 aromatic carbocycles. The van der Waals surface area contributed by atoms with Gasteiger partial charge < -0.3 is 4.74 Å². The van der Waals surface area contributed by atoms with E-state index in [-0.39, 0.29) is 12.3 Å². The zero-order valence-corrected chi connectivity index (χ0v) is 15.8. The number of amides is 1. The largest absolute Gasteiger partial charge is 0.497 e. The molecule has 1 aromatic heterocycles. The number of hydroxylamine groups is 2. The Hall–Kier alpha value is -2.83. The fraction of sp³-hybridized carbons (Fsp3) is 0.200. The summed E-state index contributed by atoms with van der Waals surface area (Å²) >= 11 is 5.97. The summed E-state index contributed by atoms with van der Waals surface area (Å²) in [5.74, 6) is 0.396. The van der Waals surface area contributed by atoms with Crippen LogP contribution in [0.15, 0.2) is 54.6 Å². The van der Waals surface area contributed by atoms with Crippen molar-refractivity contribution in [2.24, 2.45) is 0 Å². The van der Waals surface area contributed by atoms with Crippen LogP contribution in [0.5, 0.6) is 5.75 Å². The van der Waals surface area contributed by atoms with Gasteiger partial charge in [-0.2, -0.15) is 5.10 Å². The number of halogens is 1. The third-order valence-corrected chi connectivity index (χ3v) is 4.45. The van der Waals surface area contributed by atoms with Gasteiger partial charge in [0.15, 0.2) is 0 Å². The predicted octanol–water partition coefficient (Wildman–Crippen LogP) is 3.98. The van der Waals surface area contributed by atoms with Gasteiger partial charge in [0.1, 0.15) is 5.75 Å². The van der Waals surface area contributed by atoms with Crippen molar-refractivity contribution in [2.45, 2.75) is 12.8 Å². The third-order valence-electron chi connectivity index (χ3n) is 4.20. The van der Waals surface area contributed by atoms with E-state index in [0.29, 0.717) is 16.5 Å². The number of rotatable bonds is 6. The maximum absolute atomic E-state index is 11.8. The number of carbonyl (C=O) groups excluding carboxylic acids is 1. The van der Waals surface area contributed by atoms with Gasteiger partial charge in [-0.25, -0.2) is 9.75 Å². The van der Waals surface area contributed by atoms with E-state index in [2.05, 4.69) is 0 Å². The summed E-state index contributed by atoms with van der Waals surface area (Å²) in [7, 11) is 2.94. The molecule has 0 fully saturated rings. The fourth-order valence-corrected chi connectivity index (χ4v) is 2.83. The van der Waals surface area contributed by atoms with Gasteiger partial charge in [-0.1, -0.05) is 23.7 Å². The molecule has 0 bridgehead atoms. The van der Waals surface area contributed by atoms with Gasteiger partial charge in [0.05, 0.1) is 18.5 Å². The smallest absolute Gasteiger partial charge is 0.246 e. The molecule has 6 nitrogen and oxygen atoms in total. The minimum atomic E-state index is -0.356. The predicted molar refractivity (Wildman–Crippen MR) is 103 cm³/mol. The molecule has 3 rings (SSSR count). The van der Waals surface area contributed by atoms with Crippen LogP contribution in [-0.4, -0.2) is 40.1 Å². The molecule has 0 unspecified atom stereocenters. The molecular weight excluding hydrogens is 366 g/mol. The van der Waals surface area contributed by atoms with E-state index in [1.54, 1.807) is 11.8 Å². The average molecular weight is 386 g/mol. The molecule has 0 aliphatic heterocycles. The van der Waals surface area contributed by atoms with E-state index in [1.165, 1.54) is 7.05 Å². The highest BCUT2D eigenvalue weighted by Crippen LogP contribution is 2.25. The molecular formula is C20H20ClN3O3. The van der Waals surface area contributed by atoms with Crippen molar-refractivity contribution in [2.75, 3.05) is 14.2 Å². The van der Waals surface area contributed by atoms with E-state index >= 15 is 0 Å². The van der Waals surface area contributed by atoms with Crippen molar-refractivity contribution in [1.29, 1.82) is 0 Å². The molecule has 1 heterocycles. The number of carbonyl (C=O) groups is 1. The summed E-state index contributed by atoms with van der Waals surface area (Å²) in [6.07, 6.45) is 0.616. The highest BCUT2D eigenvalue weighted by atomic mass is 35.5. The molecule has 1 N–H and O–H groups in total. The van der Waals surface area contributed by atoms with Gasteiger partial charge >= 0.3 is 0 Å². The van der Waals surface area contributed by atoms with Crippen molar-refractivity contribution in [3.63, 3.8) is 0 Å². The Kier molecular flexibility index (Phi) is 5.78. The molecule has 0 radical (unpaired) electrons. The summed E-state index contributed by atoms with van der Waals surface area (Å²) < 4.78 is 7.01. The van der Waals surface area contributed by atoms with Crippen LogP contribution in [0.3, 0.4) is 0 Å². The molecule has 0 aliphatic rings. The first kappa shape index (κ1) is 18.9. The zero-order valence-electron chi connectivity index (χ0n) is 15.1. The number of hydrogen-bond acceptors (Lipinski definition) is 4. The summed E-state index contributed by atoms with van der Waals surface area (Å²) in [6.45, 7) is 0. The standard InChI is InChI=1S/C20H20ClN3O3/c1-23(26)20(25)12-9-17-13-19(14-3-5-15(21)6-4-14)22-24(17)16-7-10-18(27-2)11-8-16/h3-8,10-11,13,26H,9,12H2,1-2H3. The van der Waals surface area contributed by atoms with E-state index in [9.17, 15) is 10.0 Å². The quantitative estimate of drug-likeness (QED) is 0.514. The number of methoxy groups -OCH3 is 1. The number of aryl methyl sites for hydroxylation is 1. The Labute approximate surface area is 162 Å². The Balaban J connectivity index is 1.97. The summed E-state index contributed by atoms with van der Waals surface area (Å²) in [4.78, 5) is 11.8. The first-order valence-electron chi connectivity index (χ1n) is 8.42. The third kappa shape index (κ3) is 4.48. The molecule has 140 valence electrons. The summed E-state index contributed by atoms with van der Waals surface area (Å²) in [6, 6.07) is 16.9. The van der Waals surface area contributed by atoms with E-state index < -0.39 is 0 Å². The molecule has 0 saturated heterocycles. The van der Waals surface area contributed by atoms with Crippen molar-refractivity contribution in [3.05, 3.63) is 65.3 Å². The van der Waals surface area contributed by atoms with Gasteiger partial charge in [-0.05, 0) is 48.9 Å². The second kappa shape index (κ2) is 8.24. The minimum absolute atomic E-state index is 0.176. The Bertz CT molecular complexity index is 919. The highest BCUT2D eigenvalue weighted by molar-refractivity contribution is 6.30. The Morgan fingerprint density at radius 3 is 2.44 bits per heavy atom. The van der Waals surface area contributed by atoms with Crippen LogP contribution in [0.1, 0.15) is 12.1 Å². The van der Waals surface area contributed by atoms with Crippen LogP contribution < -0.4 is 4.74 Å². The van der Waals surface area contributed by atoms with Crippen molar-refractivity contribution in [1.82, 2.24) is 14.8 Å². The molecule has 1 amide bonds. The number of hydrogen-bond donors (Lipinski definition) is 1. The molecule has 0 saturated carbocycles. The van der Waals surface area contributed by atoms with Gasteiger partial charge in [-0.3, -0.25) is 10.0 Å². The number of ether oxygens (including phenoxy) is 1. The number of benzene rings is 2. The fourth-order valence-electron chi connectivity index (χ4n) is 2.70. The lowest BCUT2D eigenvalue weighted by Crippen LogP contribution is -2.23. The molecule has 27 heavy (non-hydrogen) atoms. The second-order valence-electron chi connectivity index (χ2n) is 6.05. The van der Waals surface area contributed by atoms with Crippen LogP contribution >= 0.6 is 11.6 Å². The lowest BCUT2D eigenvalue weighted by molar-refractivity contribution is -0.159. The van der Waals surface area contributed by atoms with Crippen molar-refractivity contribution < 1.29 is 14.7 Å². The minimum Gasteiger partial charge on any atom is -0.497 e. The highest BCUT2D eigenvalue weighted by Gasteiger charge is 2.14. The Morgan fingerprint density at radius 1 is 1.19 bits per heavy atom. The normalized spacial score (nSPS) is 10.7. The maximum atomic E-state index is 11.8. The van der Waals surface area contributed by atoms with Gasteiger partial charge in [0.2, 0.25) is 5.91 Å². The van der Waals surface area contributed by atoms with Gasteiger partial charge in [-0.15, -0.1) is 0 Å². The Morgan fingerprint density at radius 2 is 1.85 bits per heavy atom. The van der Waals surface area contributed by atoms with Crippen LogP contribution in [0.2, 0.25) is 5.02 Å². The number of nitrogens with zero attached hydrogens (tertiary/aromatic N) is 3. The van der Waals surface area contributed by atoms with Crippen LogP contribution in [0.25, 0.3) is 16.9 Å². The van der Waals surface area contributed by atoms with E-state index in [1.807, 2.05) is 54.6 Å². The van der Waals surface area contributed by atoms with Crippen LogP contribution in [0, 0.1) is 0 Å². The van der Waals surface area contributed by atoms with E-state index in [0.717, 1.165) is 28.4 Å². The van der Waals surface area contributed by atoms with Crippen molar-refractivity contribution >= 4 is 17.5 Å². The summed E-state index contributed by atoms with van der Waals surface area (Å²) in [5, 5.41) is 15.3. The van der Waals surface area contributed by atoms with Gasteiger partial charge in [0.25, 0.3) is 0 Å². The molecule has 3 aromatic rings. The number of aromatic nitrogens is 2. The second-order valence-corrected chi connectivity index (χ2v) is 6.49. The van der Waals surface area contributed by atoms with Gasteiger partial charge in [0, 0.05) is 29.7 Å². The monoisotopic (exact) mass is 385 g/mol. The van der Waals surface area contributed by atoms with E-state index in [4.69, 9.17) is 21.4 Å². The lowest BCUT2D eigenvalue weighted by atomic mass is 10.1. The van der Waals surface area contributed by atoms with Crippen LogP contribution in [-0.2, 0) is 11.2 Å². The first-order chi connectivity index (χ1) is 13.0. The molecule has 0 aliphatic carbocycles. The zero-order chi connectivity index (χ0) is 19.4. The van der Waals surface area contributed by atoms with Crippen molar-refractivity contribution in [3.8, 4) is 22.7 Å². The summed E-state index contributed by atoms with van der Waals surface area (Å²) in [5.41, 5.74) is 3.43. The average Bonchev–Trinajstić information content (AvgIpc) is 3.10.